The zero-order chi connectivity index (χ0) is 19.2. The zero-order valence-corrected chi connectivity index (χ0v) is 15.2. The predicted octanol–water partition coefficient (Wildman–Crippen LogP) is 4.49. The Kier molecular flexibility index (Phi) is 5.31. The van der Waals surface area contributed by atoms with Crippen molar-refractivity contribution in [2.24, 2.45) is 0 Å². The highest BCUT2D eigenvalue weighted by Gasteiger charge is 2.08. The topological polar surface area (TPSA) is 79.3 Å². The Morgan fingerprint density at radius 2 is 1.46 bits per heavy atom. The second kappa shape index (κ2) is 8.37. The summed E-state index contributed by atoms with van der Waals surface area (Å²) in [7, 11) is 0. The number of ether oxygens (including phenoxy) is 1. The molecule has 0 saturated carbocycles. The molecule has 6 nitrogen and oxygen atoms in total. The van der Waals surface area contributed by atoms with Crippen molar-refractivity contribution in [2.45, 2.75) is 0 Å². The first-order valence-electron chi connectivity index (χ1n) is 9.01. The maximum Gasteiger partial charge on any atom is 0.229 e. The molecule has 140 valence electrons. The summed E-state index contributed by atoms with van der Waals surface area (Å²) >= 11 is 0. The smallest absolute Gasteiger partial charge is 0.229 e. The van der Waals surface area contributed by atoms with Crippen molar-refractivity contribution >= 4 is 34.0 Å². The molecule has 0 amide bonds. The van der Waals surface area contributed by atoms with Gasteiger partial charge in [0.1, 0.15) is 18.2 Å². The van der Waals surface area contributed by atoms with Crippen LogP contribution in [0.4, 0.5) is 23.1 Å². The van der Waals surface area contributed by atoms with Crippen LogP contribution in [0.2, 0.25) is 0 Å². The van der Waals surface area contributed by atoms with Crippen molar-refractivity contribution in [3.63, 3.8) is 0 Å². The fraction of sp³-hybridized carbons (Fsp3) is 0.0909. The van der Waals surface area contributed by atoms with Gasteiger partial charge >= 0.3 is 0 Å². The summed E-state index contributed by atoms with van der Waals surface area (Å²) in [5, 5.41) is 16.4. The Hall–Kier alpha value is -3.64. The third-order valence-electron chi connectivity index (χ3n) is 4.11. The molecule has 0 aliphatic carbocycles. The van der Waals surface area contributed by atoms with Crippen molar-refractivity contribution in [3.05, 3.63) is 78.9 Å². The summed E-state index contributed by atoms with van der Waals surface area (Å²) in [5.74, 6) is 1.94. The lowest BCUT2D eigenvalue weighted by atomic mass is 10.2. The predicted molar refractivity (Wildman–Crippen MR) is 112 cm³/mol. The van der Waals surface area contributed by atoms with Crippen LogP contribution >= 0.6 is 0 Å². The Balaban J connectivity index is 1.62. The molecule has 0 spiro atoms. The number of hydrogen-bond acceptors (Lipinski definition) is 6. The van der Waals surface area contributed by atoms with Gasteiger partial charge in [0.15, 0.2) is 0 Å². The van der Waals surface area contributed by atoms with Crippen LogP contribution in [0.25, 0.3) is 10.9 Å². The summed E-state index contributed by atoms with van der Waals surface area (Å²) in [4.78, 5) is 9.28. The fourth-order valence-electron chi connectivity index (χ4n) is 2.81. The second-order valence-electron chi connectivity index (χ2n) is 6.13. The summed E-state index contributed by atoms with van der Waals surface area (Å²) in [6.45, 7) is 0.261. The van der Waals surface area contributed by atoms with Crippen molar-refractivity contribution < 1.29 is 9.84 Å². The lowest BCUT2D eigenvalue weighted by molar-refractivity contribution is 0.201. The quantitative estimate of drug-likeness (QED) is 0.444. The molecule has 0 bridgehead atoms. The molecule has 4 aromatic rings. The molecule has 0 atom stereocenters. The number of aromatic nitrogens is 2. The Morgan fingerprint density at radius 3 is 2.25 bits per heavy atom. The maximum atomic E-state index is 8.84. The molecule has 0 saturated heterocycles. The highest BCUT2D eigenvalue weighted by Crippen LogP contribution is 2.26. The molecule has 6 heteroatoms. The molecular formula is C22H20N4O2. The fourth-order valence-corrected chi connectivity index (χ4v) is 2.81. The number of rotatable bonds is 7. The number of aliphatic hydroxyl groups excluding tert-OH is 1. The molecule has 3 N–H and O–H groups in total. The van der Waals surface area contributed by atoms with E-state index in [4.69, 9.17) is 9.84 Å². The summed E-state index contributed by atoms with van der Waals surface area (Å²) in [5.41, 5.74) is 2.65. The van der Waals surface area contributed by atoms with Crippen molar-refractivity contribution in [3.8, 4) is 5.75 Å². The van der Waals surface area contributed by atoms with E-state index in [0.29, 0.717) is 11.7 Å². The van der Waals surface area contributed by atoms with E-state index in [1.165, 1.54) is 0 Å². The van der Waals surface area contributed by atoms with E-state index in [9.17, 15) is 0 Å². The third-order valence-corrected chi connectivity index (χ3v) is 4.11. The summed E-state index contributed by atoms with van der Waals surface area (Å²) < 4.78 is 5.38. The molecule has 4 rings (SSSR count). The van der Waals surface area contributed by atoms with Gasteiger partial charge in [0.2, 0.25) is 5.95 Å². The number of benzene rings is 3. The molecule has 1 heterocycles. The largest absolute Gasteiger partial charge is 0.491 e. The highest BCUT2D eigenvalue weighted by atomic mass is 16.5. The van der Waals surface area contributed by atoms with Gasteiger partial charge in [0, 0.05) is 16.8 Å². The van der Waals surface area contributed by atoms with E-state index in [2.05, 4.69) is 20.6 Å². The summed E-state index contributed by atoms with van der Waals surface area (Å²) in [6, 6.07) is 25.3. The van der Waals surface area contributed by atoms with Crippen LogP contribution in [0.15, 0.2) is 78.9 Å². The molecule has 0 aliphatic rings. The van der Waals surface area contributed by atoms with Crippen molar-refractivity contribution in [1.82, 2.24) is 9.97 Å². The van der Waals surface area contributed by atoms with Gasteiger partial charge in [-0.25, -0.2) is 4.98 Å². The normalized spacial score (nSPS) is 10.6. The molecule has 28 heavy (non-hydrogen) atoms. The van der Waals surface area contributed by atoms with Gasteiger partial charge in [0.05, 0.1) is 12.1 Å². The van der Waals surface area contributed by atoms with Crippen LogP contribution in [0, 0.1) is 0 Å². The molecule has 0 unspecified atom stereocenters. The van der Waals surface area contributed by atoms with Gasteiger partial charge in [-0.3, -0.25) is 0 Å². The van der Waals surface area contributed by atoms with Crippen LogP contribution in [-0.2, 0) is 0 Å². The lowest BCUT2D eigenvalue weighted by Crippen LogP contribution is -2.03. The van der Waals surface area contributed by atoms with E-state index in [-0.39, 0.29) is 13.2 Å². The lowest BCUT2D eigenvalue weighted by Gasteiger charge is -2.12. The number of fused-ring (bicyclic) bond motifs is 1. The van der Waals surface area contributed by atoms with Crippen LogP contribution < -0.4 is 15.4 Å². The monoisotopic (exact) mass is 372 g/mol. The van der Waals surface area contributed by atoms with Gasteiger partial charge < -0.3 is 20.5 Å². The standard InChI is InChI=1S/C22H20N4O2/c27-14-15-28-18-12-10-17(11-13-18)24-22-25-20-9-5-4-8-19(20)21(26-22)23-16-6-2-1-3-7-16/h1-13,27H,14-15H2,(H2,23,24,25,26). The average Bonchev–Trinajstić information content (AvgIpc) is 2.74. The van der Waals surface area contributed by atoms with Crippen molar-refractivity contribution in [1.29, 1.82) is 0 Å². The third kappa shape index (κ3) is 4.19. The van der Waals surface area contributed by atoms with Gasteiger partial charge in [0.25, 0.3) is 0 Å². The van der Waals surface area contributed by atoms with E-state index >= 15 is 0 Å². The number of nitrogens with one attached hydrogen (secondary N) is 2. The minimum Gasteiger partial charge on any atom is -0.491 e. The second-order valence-corrected chi connectivity index (χ2v) is 6.13. The van der Waals surface area contributed by atoms with Gasteiger partial charge in [-0.15, -0.1) is 0 Å². The number of aliphatic hydroxyl groups is 1. The molecular weight excluding hydrogens is 352 g/mol. The molecule has 0 fully saturated rings. The molecule has 0 aliphatic heterocycles. The van der Waals surface area contributed by atoms with Crippen LogP contribution in [-0.4, -0.2) is 28.3 Å². The van der Waals surface area contributed by atoms with E-state index in [1.54, 1.807) is 0 Å². The Morgan fingerprint density at radius 1 is 0.750 bits per heavy atom. The first-order chi connectivity index (χ1) is 13.8. The van der Waals surface area contributed by atoms with Gasteiger partial charge in [-0.1, -0.05) is 30.3 Å². The average molecular weight is 372 g/mol. The highest BCUT2D eigenvalue weighted by molar-refractivity contribution is 5.91. The van der Waals surface area contributed by atoms with Gasteiger partial charge in [-0.05, 0) is 48.5 Å². The van der Waals surface area contributed by atoms with Crippen molar-refractivity contribution in [2.75, 3.05) is 23.8 Å². The zero-order valence-electron chi connectivity index (χ0n) is 15.2. The van der Waals surface area contributed by atoms with Crippen LogP contribution in [0.3, 0.4) is 0 Å². The Labute approximate surface area is 162 Å². The number of anilines is 4. The van der Waals surface area contributed by atoms with E-state index in [1.807, 2.05) is 78.9 Å². The van der Waals surface area contributed by atoms with Crippen LogP contribution in [0.1, 0.15) is 0 Å². The minimum atomic E-state index is -0.0118. The molecule has 3 aromatic carbocycles. The number of para-hydroxylation sites is 2. The Bertz CT molecular complexity index is 1050. The van der Waals surface area contributed by atoms with E-state index < -0.39 is 0 Å². The van der Waals surface area contributed by atoms with Crippen LogP contribution in [0.5, 0.6) is 5.75 Å². The maximum absolute atomic E-state index is 8.84. The number of hydrogen-bond donors (Lipinski definition) is 3. The van der Waals surface area contributed by atoms with Gasteiger partial charge in [-0.2, -0.15) is 4.98 Å². The first-order valence-corrected chi connectivity index (χ1v) is 9.01. The molecule has 0 radical (unpaired) electrons. The molecule has 1 aromatic heterocycles. The number of nitrogens with zero attached hydrogens (tertiary/aromatic N) is 2. The van der Waals surface area contributed by atoms with E-state index in [0.717, 1.165) is 28.1 Å². The SMILES string of the molecule is OCCOc1ccc(Nc2nc(Nc3ccccc3)c3ccccc3n2)cc1. The first kappa shape index (κ1) is 17.8. The summed E-state index contributed by atoms with van der Waals surface area (Å²) in [6.07, 6.45) is 0. The minimum absolute atomic E-state index is 0.0118.